The zero-order valence-electron chi connectivity index (χ0n) is 6.97. The minimum atomic E-state index is -1.16. The zero-order valence-corrected chi connectivity index (χ0v) is 8.13. The minimum Gasteiger partial charge on any atom is -0.400 e. The molecule has 0 unspecified atom stereocenters. The third-order valence-electron chi connectivity index (χ3n) is 0.664. The van der Waals surface area contributed by atoms with Crippen LogP contribution >= 0.6 is 0 Å². The first-order valence-electron chi connectivity index (χ1n) is 3.02. The third kappa shape index (κ3) is 17.9. The molecule has 0 aliphatic carbocycles. The number of hydrogen-bond acceptors (Lipinski definition) is 2. The average Bonchev–Trinajstić information content (AvgIpc) is 1.88. The second-order valence-corrected chi connectivity index (χ2v) is 3.69. The lowest BCUT2D eigenvalue weighted by molar-refractivity contribution is 0.285. The van der Waals surface area contributed by atoms with Crippen LogP contribution in [0, 0.1) is 6.42 Å². The van der Waals surface area contributed by atoms with Crippen molar-refractivity contribution in [1.29, 1.82) is 0 Å². The lowest BCUT2D eigenvalue weighted by atomic mass is 10.6. The highest BCUT2D eigenvalue weighted by Crippen LogP contribution is 1.77. The van der Waals surface area contributed by atoms with Gasteiger partial charge in [-0.15, -0.1) is 0 Å². The molecule has 3 heteroatoms. The fourth-order valence-corrected chi connectivity index (χ4v) is 0.289. The Labute approximate surface area is 60.0 Å². The SMILES string of the molecule is CO[SiH](C)OC.C[CH]C. The Morgan fingerprint density at radius 3 is 1.33 bits per heavy atom. The monoisotopic (exact) mass is 149 g/mol. The highest BCUT2D eigenvalue weighted by atomic mass is 28.3. The van der Waals surface area contributed by atoms with Gasteiger partial charge in [0, 0.05) is 14.2 Å². The number of rotatable bonds is 2. The minimum absolute atomic E-state index is 1.16. The van der Waals surface area contributed by atoms with E-state index in [2.05, 4.69) is 0 Å². The van der Waals surface area contributed by atoms with Crippen LogP contribution in [0.5, 0.6) is 0 Å². The van der Waals surface area contributed by atoms with Gasteiger partial charge in [0.2, 0.25) is 0 Å². The molecule has 0 bridgehead atoms. The van der Waals surface area contributed by atoms with E-state index >= 15 is 0 Å². The molecule has 57 valence electrons. The molecule has 0 aromatic carbocycles. The maximum atomic E-state index is 4.82. The fraction of sp³-hybridized carbons (Fsp3) is 0.833. The maximum absolute atomic E-state index is 4.82. The summed E-state index contributed by atoms with van der Waals surface area (Å²) in [5.74, 6) is 0. The Morgan fingerprint density at radius 1 is 1.11 bits per heavy atom. The van der Waals surface area contributed by atoms with E-state index in [0.717, 1.165) is 0 Å². The van der Waals surface area contributed by atoms with Gasteiger partial charge in [0.1, 0.15) is 0 Å². The van der Waals surface area contributed by atoms with E-state index in [1.54, 1.807) is 14.2 Å². The van der Waals surface area contributed by atoms with Crippen LogP contribution in [-0.4, -0.2) is 23.5 Å². The van der Waals surface area contributed by atoms with Crippen molar-refractivity contribution < 1.29 is 8.85 Å². The van der Waals surface area contributed by atoms with Gasteiger partial charge in [-0.1, -0.05) is 13.8 Å². The van der Waals surface area contributed by atoms with Crippen molar-refractivity contribution in [2.45, 2.75) is 20.4 Å². The molecule has 0 heterocycles. The van der Waals surface area contributed by atoms with Gasteiger partial charge in [0.05, 0.1) is 0 Å². The van der Waals surface area contributed by atoms with Gasteiger partial charge < -0.3 is 8.85 Å². The van der Waals surface area contributed by atoms with Crippen LogP contribution in [0.3, 0.4) is 0 Å². The van der Waals surface area contributed by atoms with Crippen molar-refractivity contribution in [3.63, 3.8) is 0 Å². The Hall–Kier alpha value is 0.137. The first-order valence-corrected chi connectivity index (χ1v) is 5.12. The summed E-state index contributed by atoms with van der Waals surface area (Å²) in [5.41, 5.74) is 0. The summed E-state index contributed by atoms with van der Waals surface area (Å²) in [5, 5.41) is 0. The molecule has 0 aliphatic rings. The van der Waals surface area contributed by atoms with Gasteiger partial charge in [0.15, 0.2) is 0 Å². The van der Waals surface area contributed by atoms with Crippen molar-refractivity contribution in [1.82, 2.24) is 0 Å². The van der Waals surface area contributed by atoms with Gasteiger partial charge in [-0.05, 0) is 13.0 Å². The second-order valence-electron chi connectivity index (χ2n) is 1.62. The summed E-state index contributed by atoms with van der Waals surface area (Å²) >= 11 is 0. The van der Waals surface area contributed by atoms with Gasteiger partial charge in [0.25, 0.3) is 0 Å². The Kier molecular flexibility index (Phi) is 14.5. The molecule has 0 amide bonds. The topological polar surface area (TPSA) is 18.5 Å². The summed E-state index contributed by atoms with van der Waals surface area (Å²) in [7, 11) is 2.17. The van der Waals surface area contributed by atoms with Crippen molar-refractivity contribution in [3.8, 4) is 0 Å². The van der Waals surface area contributed by atoms with E-state index in [1.165, 1.54) is 0 Å². The van der Waals surface area contributed by atoms with E-state index in [-0.39, 0.29) is 0 Å². The average molecular weight is 149 g/mol. The molecule has 0 aromatic heterocycles. The predicted molar refractivity (Wildman–Crippen MR) is 42.7 cm³/mol. The molecule has 0 saturated heterocycles. The van der Waals surface area contributed by atoms with Gasteiger partial charge in [-0.3, -0.25) is 0 Å². The molecule has 0 spiro atoms. The van der Waals surface area contributed by atoms with Crippen LogP contribution in [0.2, 0.25) is 6.55 Å². The highest BCUT2D eigenvalue weighted by molar-refractivity contribution is 6.42. The van der Waals surface area contributed by atoms with Crippen molar-refractivity contribution in [2.75, 3.05) is 14.2 Å². The number of hydrogen-bond donors (Lipinski definition) is 0. The van der Waals surface area contributed by atoms with E-state index in [9.17, 15) is 0 Å². The smallest absolute Gasteiger partial charge is 0.317 e. The summed E-state index contributed by atoms with van der Waals surface area (Å²) in [6.45, 7) is 5.97. The van der Waals surface area contributed by atoms with Crippen LogP contribution in [0.4, 0.5) is 0 Å². The molecule has 0 N–H and O–H groups in total. The molecule has 0 atom stereocenters. The molecule has 1 radical (unpaired) electrons. The summed E-state index contributed by atoms with van der Waals surface area (Å²) < 4.78 is 9.63. The zero-order chi connectivity index (χ0) is 7.70. The van der Waals surface area contributed by atoms with Crippen LogP contribution < -0.4 is 0 Å². The first-order chi connectivity index (χ1) is 4.22. The molecule has 9 heavy (non-hydrogen) atoms. The van der Waals surface area contributed by atoms with Gasteiger partial charge in [-0.25, -0.2) is 0 Å². The lowest BCUT2D eigenvalue weighted by Crippen LogP contribution is -2.12. The molecular formula is C6H17O2Si. The van der Waals surface area contributed by atoms with Gasteiger partial charge >= 0.3 is 9.28 Å². The van der Waals surface area contributed by atoms with Crippen LogP contribution in [0.15, 0.2) is 0 Å². The van der Waals surface area contributed by atoms with E-state index < -0.39 is 9.28 Å². The van der Waals surface area contributed by atoms with Crippen molar-refractivity contribution in [2.24, 2.45) is 0 Å². The summed E-state index contributed by atoms with van der Waals surface area (Å²) in [6.07, 6.45) is 2.00. The lowest BCUT2D eigenvalue weighted by Gasteiger charge is -2.00. The largest absolute Gasteiger partial charge is 0.400 e. The fourth-order valence-electron chi connectivity index (χ4n) is 0.0962. The van der Waals surface area contributed by atoms with E-state index in [0.29, 0.717) is 0 Å². The third-order valence-corrected chi connectivity index (χ3v) is 1.99. The van der Waals surface area contributed by atoms with Crippen LogP contribution in [-0.2, 0) is 8.85 Å². The van der Waals surface area contributed by atoms with Crippen molar-refractivity contribution in [3.05, 3.63) is 6.42 Å². The van der Waals surface area contributed by atoms with E-state index in [4.69, 9.17) is 8.85 Å². The summed E-state index contributed by atoms with van der Waals surface area (Å²) in [6, 6.07) is 0. The highest BCUT2D eigenvalue weighted by Gasteiger charge is 1.94. The Balaban J connectivity index is 0. The van der Waals surface area contributed by atoms with Crippen LogP contribution in [0.25, 0.3) is 0 Å². The molecule has 0 aromatic rings. The molecular weight excluding hydrogens is 132 g/mol. The molecule has 0 saturated carbocycles. The second kappa shape index (κ2) is 11.0. The normalized spacial score (nSPS) is 8.67. The molecule has 2 nitrogen and oxygen atoms in total. The predicted octanol–water partition coefficient (Wildman–Crippen LogP) is 1.36. The maximum Gasteiger partial charge on any atom is 0.317 e. The molecule has 0 rings (SSSR count). The molecule has 0 fully saturated rings. The van der Waals surface area contributed by atoms with Gasteiger partial charge in [-0.2, -0.15) is 0 Å². The quantitative estimate of drug-likeness (QED) is 0.552. The summed E-state index contributed by atoms with van der Waals surface area (Å²) in [4.78, 5) is 0. The Bertz CT molecular complexity index is 38.0. The van der Waals surface area contributed by atoms with E-state index in [1.807, 2.05) is 26.8 Å². The van der Waals surface area contributed by atoms with Crippen LogP contribution in [0.1, 0.15) is 13.8 Å². The van der Waals surface area contributed by atoms with Crippen molar-refractivity contribution >= 4 is 9.28 Å². The molecule has 0 aliphatic heterocycles. The Morgan fingerprint density at radius 2 is 1.33 bits per heavy atom. The standard InChI is InChI=1S/C3H10O2Si.C3H7/c1-4-6(3)5-2;1-3-2/h6H,1-3H3;3H,1-2H3. The first kappa shape index (κ1) is 11.9.